The van der Waals surface area contributed by atoms with Gasteiger partial charge >= 0.3 is 0 Å². The second-order valence-electron chi connectivity index (χ2n) is 6.56. The Morgan fingerprint density at radius 1 is 1.36 bits per heavy atom. The summed E-state index contributed by atoms with van der Waals surface area (Å²) in [6, 6.07) is 4.28. The van der Waals surface area contributed by atoms with Crippen LogP contribution in [0.15, 0.2) is 24.8 Å². The van der Waals surface area contributed by atoms with Gasteiger partial charge in [0.15, 0.2) is 0 Å². The van der Waals surface area contributed by atoms with Crippen LogP contribution < -0.4 is 0 Å². The zero-order valence-corrected chi connectivity index (χ0v) is 13.9. The molecule has 1 atom stereocenters. The van der Waals surface area contributed by atoms with E-state index in [1.807, 2.05) is 23.1 Å². The van der Waals surface area contributed by atoms with E-state index in [-0.39, 0.29) is 12.6 Å². The largest absolute Gasteiger partial charge is 0.390 e. The number of hydrogen-bond acceptors (Lipinski definition) is 5. The molecule has 0 aliphatic heterocycles. The number of nitrogens with one attached hydrogen (secondary N) is 1. The Balaban J connectivity index is 1.79. The van der Waals surface area contributed by atoms with Gasteiger partial charge < -0.3 is 10.1 Å². The van der Waals surface area contributed by atoms with Gasteiger partial charge in [0.2, 0.25) is 0 Å². The van der Waals surface area contributed by atoms with Crippen molar-refractivity contribution in [2.24, 2.45) is 5.92 Å². The van der Waals surface area contributed by atoms with Gasteiger partial charge in [-0.1, -0.05) is 12.8 Å². The molecule has 0 saturated heterocycles. The van der Waals surface area contributed by atoms with E-state index >= 15 is 0 Å². The fraction of sp³-hybridized carbons (Fsp3) is 0.444. The van der Waals surface area contributed by atoms with E-state index in [1.165, 1.54) is 19.2 Å². The molecular formula is C18H20N6O. The first kappa shape index (κ1) is 15.8. The quantitative estimate of drug-likeness (QED) is 0.745. The maximum atomic E-state index is 9.80. The molecule has 128 valence electrons. The minimum atomic E-state index is -0.164. The van der Waals surface area contributed by atoms with Crippen molar-refractivity contribution < 1.29 is 5.11 Å². The van der Waals surface area contributed by atoms with Crippen LogP contribution in [0.4, 0.5) is 0 Å². The summed E-state index contributed by atoms with van der Waals surface area (Å²) in [6.07, 6.45) is 10.4. The number of fused-ring (bicyclic) bond motifs is 1. The third-order valence-corrected chi connectivity index (χ3v) is 5.15. The monoisotopic (exact) mass is 336 g/mol. The van der Waals surface area contributed by atoms with Gasteiger partial charge in [-0.3, -0.25) is 4.68 Å². The molecule has 1 fully saturated rings. The summed E-state index contributed by atoms with van der Waals surface area (Å²) in [7, 11) is 0. The Bertz CT molecular complexity index is 915. The highest BCUT2D eigenvalue weighted by Gasteiger charge is 2.28. The number of aromatic amines is 1. The van der Waals surface area contributed by atoms with Gasteiger partial charge in [-0.05, 0) is 24.8 Å². The van der Waals surface area contributed by atoms with Crippen LogP contribution in [-0.4, -0.2) is 29.8 Å². The Hall–Kier alpha value is -2.72. The fourth-order valence-electron chi connectivity index (χ4n) is 3.91. The first-order chi connectivity index (χ1) is 12.3. The molecule has 7 heteroatoms. The standard InChI is InChI=1S/C18H20N6O/c19-7-5-16(12-3-1-2-4-12)24-9-14(15(10-25)23-24)17-13-6-8-20-18(13)22-11-21-17/h6,8-9,11-12,16,25H,1-5,10H2,(H,20,21,22). The molecule has 2 N–H and O–H groups in total. The van der Waals surface area contributed by atoms with Crippen LogP contribution in [0.1, 0.15) is 43.8 Å². The van der Waals surface area contributed by atoms with Crippen LogP contribution in [0.25, 0.3) is 22.3 Å². The smallest absolute Gasteiger partial charge is 0.141 e. The molecular weight excluding hydrogens is 316 g/mol. The molecule has 1 saturated carbocycles. The van der Waals surface area contributed by atoms with Gasteiger partial charge in [0, 0.05) is 23.3 Å². The number of nitrogens with zero attached hydrogens (tertiary/aromatic N) is 5. The molecule has 0 bridgehead atoms. The summed E-state index contributed by atoms with van der Waals surface area (Å²) in [5.41, 5.74) is 2.90. The van der Waals surface area contributed by atoms with Gasteiger partial charge in [0.25, 0.3) is 0 Å². The number of aliphatic hydroxyl groups excluding tert-OH is 1. The van der Waals surface area contributed by atoms with Gasteiger partial charge in [-0.15, -0.1) is 0 Å². The predicted octanol–water partition coefficient (Wildman–Crippen LogP) is 2.96. The van der Waals surface area contributed by atoms with E-state index in [4.69, 9.17) is 0 Å². The third kappa shape index (κ3) is 2.79. The Morgan fingerprint density at radius 2 is 2.20 bits per heavy atom. The molecule has 25 heavy (non-hydrogen) atoms. The molecule has 7 nitrogen and oxygen atoms in total. The number of hydrogen-bond donors (Lipinski definition) is 2. The summed E-state index contributed by atoms with van der Waals surface area (Å²) >= 11 is 0. The molecule has 3 aromatic rings. The Morgan fingerprint density at radius 3 is 2.96 bits per heavy atom. The van der Waals surface area contributed by atoms with E-state index in [0.717, 1.165) is 35.1 Å². The maximum absolute atomic E-state index is 9.80. The number of rotatable bonds is 5. The van der Waals surface area contributed by atoms with E-state index in [0.29, 0.717) is 18.0 Å². The molecule has 1 unspecified atom stereocenters. The van der Waals surface area contributed by atoms with Crippen molar-refractivity contribution in [2.75, 3.05) is 0 Å². The Labute approximate surface area is 145 Å². The molecule has 0 amide bonds. The molecule has 4 rings (SSSR count). The van der Waals surface area contributed by atoms with Crippen molar-refractivity contribution in [3.05, 3.63) is 30.5 Å². The van der Waals surface area contributed by atoms with Crippen molar-refractivity contribution in [2.45, 2.75) is 44.8 Å². The lowest BCUT2D eigenvalue weighted by Crippen LogP contribution is -2.18. The van der Waals surface area contributed by atoms with Crippen molar-refractivity contribution in [1.82, 2.24) is 24.7 Å². The summed E-state index contributed by atoms with van der Waals surface area (Å²) < 4.78 is 1.88. The third-order valence-electron chi connectivity index (χ3n) is 5.15. The lowest BCUT2D eigenvalue weighted by Gasteiger charge is -2.21. The summed E-state index contributed by atoms with van der Waals surface area (Å²) in [5, 5.41) is 24.6. The van der Waals surface area contributed by atoms with Crippen LogP contribution in [0, 0.1) is 17.2 Å². The van der Waals surface area contributed by atoms with Gasteiger partial charge in [-0.2, -0.15) is 10.4 Å². The summed E-state index contributed by atoms with van der Waals surface area (Å²) in [4.78, 5) is 11.7. The van der Waals surface area contributed by atoms with Crippen molar-refractivity contribution in [3.8, 4) is 17.3 Å². The van der Waals surface area contributed by atoms with Gasteiger partial charge in [-0.25, -0.2) is 9.97 Å². The van der Waals surface area contributed by atoms with Crippen molar-refractivity contribution in [3.63, 3.8) is 0 Å². The zero-order chi connectivity index (χ0) is 17.2. The van der Waals surface area contributed by atoms with E-state index in [1.54, 1.807) is 0 Å². The fourth-order valence-corrected chi connectivity index (χ4v) is 3.91. The highest BCUT2D eigenvalue weighted by Crippen LogP contribution is 2.37. The molecule has 3 heterocycles. The average Bonchev–Trinajstić information content (AvgIpc) is 3.39. The normalized spacial score (nSPS) is 16.3. The van der Waals surface area contributed by atoms with E-state index in [2.05, 4.69) is 26.1 Å². The lowest BCUT2D eigenvalue weighted by molar-refractivity contribution is 0.268. The number of aromatic nitrogens is 5. The van der Waals surface area contributed by atoms with Crippen molar-refractivity contribution >= 4 is 11.0 Å². The second kappa shape index (κ2) is 6.65. The maximum Gasteiger partial charge on any atom is 0.141 e. The first-order valence-electron chi connectivity index (χ1n) is 8.66. The zero-order valence-electron chi connectivity index (χ0n) is 13.9. The minimum absolute atomic E-state index is 0.0510. The summed E-state index contributed by atoms with van der Waals surface area (Å²) in [6.45, 7) is -0.164. The highest BCUT2D eigenvalue weighted by molar-refractivity contribution is 5.90. The molecule has 0 aromatic carbocycles. The van der Waals surface area contributed by atoms with Crippen molar-refractivity contribution in [1.29, 1.82) is 5.26 Å². The summed E-state index contributed by atoms with van der Waals surface area (Å²) in [5.74, 6) is 0.469. The van der Waals surface area contributed by atoms with E-state index in [9.17, 15) is 10.4 Å². The average molecular weight is 336 g/mol. The van der Waals surface area contributed by atoms with Crippen LogP contribution in [0.3, 0.4) is 0 Å². The topological polar surface area (TPSA) is 103 Å². The molecule has 1 aliphatic rings. The predicted molar refractivity (Wildman–Crippen MR) is 92.3 cm³/mol. The lowest BCUT2D eigenvalue weighted by atomic mass is 9.96. The van der Waals surface area contributed by atoms with Gasteiger partial charge in [0.1, 0.15) is 12.0 Å². The highest BCUT2D eigenvalue weighted by atomic mass is 16.3. The number of aliphatic hydroxyl groups is 1. The van der Waals surface area contributed by atoms with Gasteiger partial charge in [0.05, 0.1) is 36.5 Å². The number of nitriles is 1. The molecule has 0 radical (unpaired) electrons. The Kier molecular flexibility index (Phi) is 4.20. The second-order valence-corrected chi connectivity index (χ2v) is 6.56. The van der Waals surface area contributed by atoms with Crippen LogP contribution in [0.2, 0.25) is 0 Å². The van der Waals surface area contributed by atoms with Crippen LogP contribution in [-0.2, 0) is 6.61 Å². The van der Waals surface area contributed by atoms with Crippen LogP contribution in [0.5, 0.6) is 0 Å². The SMILES string of the molecule is N#CCC(C1CCCC1)n1cc(-c2ncnc3[nH]ccc23)c(CO)n1. The minimum Gasteiger partial charge on any atom is -0.390 e. The number of H-pyrrole nitrogens is 1. The molecule has 3 aromatic heterocycles. The van der Waals surface area contributed by atoms with Crippen LogP contribution >= 0.6 is 0 Å². The first-order valence-corrected chi connectivity index (χ1v) is 8.66. The molecule has 1 aliphatic carbocycles. The van der Waals surface area contributed by atoms with E-state index < -0.39 is 0 Å². The molecule has 0 spiro atoms.